The molecule has 2 heterocycles. The van der Waals surface area contributed by atoms with Crippen LogP contribution in [0, 0.1) is 13.8 Å². The van der Waals surface area contributed by atoms with Gasteiger partial charge < -0.3 is 10.6 Å². The Balaban J connectivity index is 2.06. The molecular formula is C11H15N3O2S. The minimum Gasteiger partial charge on any atom is -0.354 e. The standard InChI is InChI=1S/C11H15N3O2S/c1-6-9(13-7(2)17-6)11(16)14-8-4-3-5-12-10(8)15/h8H,3-5H2,1-2H3,(H,12,15)(H,14,16). The van der Waals surface area contributed by atoms with Crippen molar-refractivity contribution in [2.24, 2.45) is 0 Å². The fraction of sp³-hybridized carbons (Fsp3) is 0.545. The molecule has 1 aromatic heterocycles. The van der Waals surface area contributed by atoms with Crippen molar-refractivity contribution in [3.63, 3.8) is 0 Å². The Morgan fingerprint density at radius 3 is 2.88 bits per heavy atom. The fourth-order valence-corrected chi connectivity index (χ4v) is 2.69. The van der Waals surface area contributed by atoms with Gasteiger partial charge in [0.25, 0.3) is 5.91 Å². The number of hydrogen-bond donors (Lipinski definition) is 2. The maximum Gasteiger partial charge on any atom is 0.271 e. The van der Waals surface area contributed by atoms with Crippen LogP contribution in [0.25, 0.3) is 0 Å². The van der Waals surface area contributed by atoms with Crippen molar-refractivity contribution in [1.82, 2.24) is 15.6 Å². The lowest BCUT2D eigenvalue weighted by molar-refractivity contribution is -0.124. The molecule has 92 valence electrons. The van der Waals surface area contributed by atoms with Crippen molar-refractivity contribution in [1.29, 1.82) is 0 Å². The number of rotatable bonds is 2. The molecule has 0 aromatic carbocycles. The summed E-state index contributed by atoms with van der Waals surface area (Å²) in [5.41, 5.74) is 0.436. The van der Waals surface area contributed by atoms with E-state index in [1.54, 1.807) is 0 Å². The van der Waals surface area contributed by atoms with E-state index in [2.05, 4.69) is 15.6 Å². The van der Waals surface area contributed by atoms with Gasteiger partial charge >= 0.3 is 0 Å². The minimum absolute atomic E-state index is 0.103. The molecule has 1 aromatic rings. The van der Waals surface area contributed by atoms with Crippen molar-refractivity contribution >= 4 is 23.2 Å². The van der Waals surface area contributed by atoms with Crippen LogP contribution >= 0.6 is 11.3 Å². The maximum atomic E-state index is 11.9. The first-order valence-electron chi connectivity index (χ1n) is 5.60. The lowest BCUT2D eigenvalue weighted by Gasteiger charge is -2.22. The van der Waals surface area contributed by atoms with Gasteiger partial charge in [-0.2, -0.15) is 0 Å². The van der Waals surface area contributed by atoms with Crippen LogP contribution in [0.15, 0.2) is 0 Å². The molecule has 1 unspecified atom stereocenters. The zero-order chi connectivity index (χ0) is 12.4. The molecule has 2 rings (SSSR count). The highest BCUT2D eigenvalue weighted by atomic mass is 32.1. The second kappa shape index (κ2) is 4.83. The molecule has 2 N–H and O–H groups in total. The van der Waals surface area contributed by atoms with E-state index in [0.717, 1.165) is 16.3 Å². The third-order valence-electron chi connectivity index (χ3n) is 2.71. The second-order valence-electron chi connectivity index (χ2n) is 4.10. The third kappa shape index (κ3) is 2.63. The summed E-state index contributed by atoms with van der Waals surface area (Å²) in [7, 11) is 0. The van der Waals surface area contributed by atoms with Crippen LogP contribution in [-0.2, 0) is 4.79 Å². The SMILES string of the molecule is Cc1nc(C(=O)NC2CCCNC2=O)c(C)s1. The first kappa shape index (κ1) is 12.0. The van der Waals surface area contributed by atoms with E-state index in [1.165, 1.54) is 11.3 Å². The summed E-state index contributed by atoms with van der Waals surface area (Å²) in [4.78, 5) is 28.5. The summed E-state index contributed by atoms with van der Waals surface area (Å²) >= 11 is 1.49. The smallest absolute Gasteiger partial charge is 0.271 e. The van der Waals surface area contributed by atoms with Gasteiger partial charge in [0.2, 0.25) is 5.91 Å². The number of nitrogens with one attached hydrogen (secondary N) is 2. The summed E-state index contributed by atoms with van der Waals surface area (Å²) in [5.74, 6) is -0.358. The summed E-state index contributed by atoms with van der Waals surface area (Å²) in [6.45, 7) is 4.42. The Morgan fingerprint density at radius 2 is 2.29 bits per heavy atom. The number of hydrogen-bond acceptors (Lipinski definition) is 4. The van der Waals surface area contributed by atoms with E-state index in [0.29, 0.717) is 18.7 Å². The number of aromatic nitrogens is 1. The number of piperidine rings is 1. The number of carbonyl (C=O) groups is 2. The number of carbonyl (C=O) groups excluding carboxylic acids is 2. The van der Waals surface area contributed by atoms with E-state index in [4.69, 9.17) is 0 Å². The molecule has 0 aliphatic carbocycles. The van der Waals surface area contributed by atoms with Crippen molar-refractivity contribution in [2.45, 2.75) is 32.7 Å². The van der Waals surface area contributed by atoms with Gasteiger partial charge in [0.05, 0.1) is 5.01 Å². The monoisotopic (exact) mass is 253 g/mol. The van der Waals surface area contributed by atoms with E-state index in [9.17, 15) is 9.59 Å². The van der Waals surface area contributed by atoms with Crippen LogP contribution in [0.2, 0.25) is 0 Å². The molecule has 0 saturated carbocycles. The van der Waals surface area contributed by atoms with Crippen LogP contribution in [0.4, 0.5) is 0 Å². The van der Waals surface area contributed by atoms with Crippen LogP contribution in [0.1, 0.15) is 33.2 Å². The number of amides is 2. The highest BCUT2D eigenvalue weighted by Gasteiger charge is 2.25. The zero-order valence-corrected chi connectivity index (χ0v) is 10.7. The van der Waals surface area contributed by atoms with Gasteiger partial charge in [-0.15, -0.1) is 11.3 Å². The third-order valence-corrected chi connectivity index (χ3v) is 3.60. The predicted octanol–water partition coefficient (Wildman–Crippen LogP) is 0.768. The van der Waals surface area contributed by atoms with E-state index >= 15 is 0 Å². The molecule has 1 fully saturated rings. The van der Waals surface area contributed by atoms with E-state index in [1.807, 2.05) is 13.8 Å². The van der Waals surface area contributed by atoms with Crippen LogP contribution in [0.3, 0.4) is 0 Å². The molecule has 5 nitrogen and oxygen atoms in total. The Kier molecular flexibility index (Phi) is 3.42. The van der Waals surface area contributed by atoms with Crippen molar-refractivity contribution in [3.8, 4) is 0 Å². The molecule has 1 atom stereocenters. The number of nitrogens with zero attached hydrogens (tertiary/aromatic N) is 1. The number of thiazole rings is 1. The molecule has 1 aliphatic rings. The number of aryl methyl sites for hydroxylation is 2. The van der Waals surface area contributed by atoms with Crippen LogP contribution in [-0.4, -0.2) is 29.4 Å². The molecule has 1 aliphatic heterocycles. The van der Waals surface area contributed by atoms with Gasteiger partial charge in [-0.1, -0.05) is 0 Å². The highest BCUT2D eigenvalue weighted by molar-refractivity contribution is 7.11. The molecule has 17 heavy (non-hydrogen) atoms. The Hall–Kier alpha value is -1.43. The van der Waals surface area contributed by atoms with Crippen molar-refractivity contribution < 1.29 is 9.59 Å². The quantitative estimate of drug-likeness (QED) is 0.817. The second-order valence-corrected chi connectivity index (χ2v) is 5.50. The Bertz CT molecular complexity index is 456. The lowest BCUT2D eigenvalue weighted by Crippen LogP contribution is -2.50. The molecular weight excluding hydrogens is 238 g/mol. The minimum atomic E-state index is -0.419. The average molecular weight is 253 g/mol. The lowest BCUT2D eigenvalue weighted by atomic mass is 10.1. The van der Waals surface area contributed by atoms with Gasteiger partial charge in [-0.3, -0.25) is 9.59 Å². The fourth-order valence-electron chi connectivity index (χ4n) is 1.88. The van der Waals surface area contributed by atoms with Gasteiger partial charge in [0, 0.05) is 11.4 Å². The largest absolute Gasteiger partial charge is 0.354 e. The van der Waals surface area contributed by atoms with Gasteiger partial charge in [0.15, 0.2) is 0 Å². The highest BCUT2D eigenvalue weighted by Crippen LogP contribution is 2.16. The molecule has 2 amide bonds. The molecule has 1 saturated heterocycles. The van der Waals surface area contributed by atoms with Gasteiger partial charge in [-0.05, 0) is 26.7 Å². The van der Waals surface area contributed by atoms with Gasteiger partial charge in [-0.25, -0.2) is 4.98 Å². The first-order chi connectivity index (χ1) is 8.08. The molecule has 0 radical (unpaired) electrons. The van der Waals surface area contributed by atoms with Crippen molar-refractivity contribution in [2.75, 3.05) is 6.54 Å². The van der Waals surface area contributed by atoms with Crippen LogP contribution in [0.5, 0.6) is 0 Å². The normalized spacial score (nSPS) is 19.9. The summed E-state index contributed by atoms with van der Waals surface area (Å²) in [6.07, 6.45) is 1.59. The molecule has 0 spiro atoms. The topological polar surface area (TPSA) is 71.1 Å². The summed E-state index contributed by atoms with van der Waals surface area (Å²) < 4.78 is 0. The van der Waals surface area contributed by atoms with E-state index in [-0.39, 0.29) is 11.8 Å². The summed E-state index contributed by atoms with van der Waals surface area (Å²) in [5, 5.41) is 6.33. The predicted molar refractivity (Wildman–Crippen MR) is 65.1 cm³/mol. The Labute approximate surface area is 104 Å². The maximum absolute atomic E-state index is 11.9. The van der Waals surface area contributed by atoms with Crippen LogP contribution < -0.4 is 10.6 Å². The zero-order valence-electron chi connectivity index (χ0n) is 9.87. The summed E-state index contributed by atoms with van der Waals surface area (Å²) in [6, 6.07) is -0.419. The average Bonchev–Trinajstić information content (AvgIpc) is 2.61. The van der Waals surface area contributed by atoms with E-state index < -0.39 is 6.04 Å². The van der Waals surface area contributed by atoms with Gasteiger partial charge in [0.1, 0.15) is 11.7 Å². The Morgan fingerprint density at radius 1 is 1.53 bits per heavy atom. The molecule has 0 bridgehead atoms. The first-order valence-corrected chi connectivity index (χ1v) is 6.42. The van der Waals surface area contributed by atoms with Crippen molar-refractivity contribution in [3.05, 3.63) is 15.6 Å². The molecule has 6 heteroatoms.